The monoisotopic (exact) mass is 299 g/mol. The molecule has 3 nitrogen and oxygen atoms in total. The number of hydrogen-bond acceptors (Lipinski definition) is 4. The van der Waals surface area contributed by atoms with Crippen LogP contribution in [0.15, 0.2) is 17.2 Å². The number of alkyl halides is 1. The maximum atomic E-state index is 12.2. The number of nitrogens with two attached hydrogens (primary N) is 1. The van der Waals surface area contributed by atoms with E-state index in [0.717, 1.165) is 27.6 Å². The van der Waals surface area contributed by atoms with Crippen LogP contribution in [0.25, 0.3) is 10.6 Å². The summed E-state index contributed by atoms with van der Waals surface area (Å²) in [7, 11) is 1.94. The average Bonchev–Trinajstić information content (AvgIpc) is 2.99. The third-order valence-electron chi connectivity index (χ3n) is 2.94. The van der Waals surface area contributed by atoms with Gasteiger partial charge >= 0.3 is 0 Å². The Morgan fingerprint density at radius 2 is 2.26 bits per heavy atom. The lowest BCUT2D eigenvalue weighted by atomic mass is 10.2. The number of aromatic nitrogens is 2. The van der Waals surface area contributed by atoms with Crippen molar-refractivity contribution in [1.82, 2.24) is 9.78 Å². The summed E-state index contributed by atoms with van der Waals surface area (Å²) >= 11 is 3.34. The molecular weight excluding hydrogens is 281 g/mol. The van der Waals surface area contributed by atoms with E-state index in [1.165, 1.54) is 4.88 Å². The van der Waals surface area contributed by atoms with Gasteiger partial charge in [0, 0.05) is 24.0 Å². The first kappa shape index (κ1) is 14.6. The Labute approximate surface area is 121 Å². The molecule has 2 heterocycles. The van der Waals surface area contributed by atoms with Gasteiger partial charge in [-0.15, -0.1) is 23.1 Å². The van der Waals surface area contributed by atoms with Gasteiger partial charge in [-0.1, -0.05) is 0 Å². The third kappa shape index (κ3) is 3.01. The molecule has 2 rings (SSSR count). The normalized spacial score (nSPS) is 11.2. The molecule has 0 aromatic carbocycles. The summed E-state index contributed by atoms with van der Waals surface area (Å²) in [6.07, 6.45) is 3.41. The van der Waals surface area contributed by atoms with E-state index in [0.29, 0.717) is 13.0 Å². The molecule has 104 valence electrons. The van der Waals surface area contributed by atoms with Crippen LogP contribution in [-0.2, 0) is 20.0 Å². The molecule has 0 aliphatic carbocycles. The van der Waals surface area contributed by atoms with Crippen LogP contribution >= 0.6 is 23.1 Å². The van der Waals surface area contributed by atoms with Gasteiger partial charge in [0.2, 0.25) is 0 Å². The van der Waals surface area contributed by atoms with Crippen molar-refractivity contribution in [2.45, 2.75) is 24.4 Å². The van der Waals surface area contributed by atoms with Crippen LogP contribution in [-0.4, -0.2) is 22.7 Å². The van der Waals surface area contributed by atoms with Gasteiger partial charge in [0.1, 0.15) is 5.69 Å². The fourth-order valence-corrected chi connectivity index (χ4v) is 3.86. The molecule has 2 N–H and O–H groups in total. The van der Waals surface area contributed by atoms with Gasteiger partial charge in [0.15, 0.2) is 0 Å². The third-order valence-corrected chi connectivity index (χ3v) is 4.99. The van der Waals surface area contributed by atoms with Crippen LogP contribution < -0.4 is 5.73 Å². The number of rotatable bonds is 6. The van der Waals surface area contributed by atoms with E-state index in [1.54, 1.807) is 23.1 Å². The predicted octanol–water partition coefficient (Wildman–Crippen LogP) is 3.23. The first-order chi connectivity index (χ1) is 9.21. The van der Waals surface area contributed by atoms with Gasteiger partial charge in [-0.25, -0.2) is 0 Å². The minimum Gasteiger partial charge on any atom is -0.326 e. The van der Waals surface area contributed by atoms with Crippen molar-refractivity contribution in [1.29, 1.82) is 0 Å². The fraction of sp³-hybridized carbons (Fsp3) is 0.462. The van der Waals surface area contributed by atoms with Crippen molar-refractivity contribution in [2.75, 3.05) is 12.9 Å². The van der Waals surface area contributed by atoms with Gasteiger partial charge in [0.05, 0.1) is 16.6 Å². The maximum Gasteiger partial charge on any atom is 0.108 e. The number of nitrogens with zero attached hydrogens (tertiary/aromatic N) is 2. The lowest BCUT2D eigenvalue weighted by Gasteiger charge is -2.00. The van der Waals surface area contributed by atoms with Crippen LogP contribution in [0.1, 0.15) is 16.9 Å². The van der Waals surface area contributed by atoms with Crippen LogP contribution in [0, 0.1) is 0 Å². The summed E-state index contributed by atoms with van der Waals surface area (Å²) in [6, 6.07) is 4.12. The standard InChI is InChI=1S/C13H18FN3S2/c1-17-13(18-2)10(8-15)12(16-17)11-6-5-9(19-11)4-3-7-14/h5-6H,3-4,7-8,15H2,1-2H3. The Kier molecular flexibility index (Phi) is 5.01. The highest BCUT2D eigenvalue weighted by Crippen LogP contribution is 2.34. The summed E-state index contributed by atoms with van der Waals surface area (Å²) in [4.78, 5) is 2.32. The SMILES string of the molecule is CSc1c(CN)c(-c2ccc(CCCF)s2)nn1C. The van der Waals surface area contributed by atoms with Gasteiger partial charge in [-0.05, 0) is 31.2 Å². The molecule has 19 heavy (non-hydrogen) atoms. The highest BCUT2D eigenvalue weighted by molar-refractivity contribution is 7.98. The zero-order chi connectivity index (χ0) is 13.8. The van der Waals surface area contributed by atoms with Crippen LogP contribution in [0.4, 0.5) is 4.39 Å². The average molecular weight is 299 g/mol. The Morgan fingerprint density at radius 3 is 2.89 bits per heavy atom. The number of thiophene rings is 1. The largest absolute Gasteiger partial charge is 0.326 e. The molecule has 0 amide bonds. The smallest absolute Gasteiger partial charge is 0.108 e. The molecule has 2 aromatic heterocycles. The van der Waals surface area contributed by atoms with Crippen molar-refractivity contribution < 1.29 is 4.39 Å². The van der Waals surface area contributed by atoms with Gasteiger partial charge in [-0.2, -0.15) is 5.10 Å². The quantitative estimate of drug-likeness (QED) is 0.833. The minimum atomic E-state index is -0.262. The topological polar surface area (TPSA) is 43.8 Å². The first-order valence-electron chi connectivity index (χ1n) is 6.16. The van der Waals surface area contributed by atoms with E-state index in [2.05, 4.69) is 17.2 Å². The molecular formula is C13H18FN3S2. The Bertz CT molecular complexity index is 548. The van der Waals surface area contributed by atoms with Gasteiger partial charge in [-0.3, -0.25) is 9.07 Å². The lowest BCUT2D eigenvalue weighted by molar-refractivity contribution is 0.474. The van der Waals surface area contributed by atoms with Crippen molar-refractivity contribution >= 4 is 23.1 Å². The number of thioether (sulfide) groups is 1. The molecule has 0 unspecified atom stereocenters. The lowest BCUT2D eigenvalue weighted by Crippen LogP contribution is -1.99. The van der Waals surface area contributed by atoms with Gasteiger partial charge in [0.25, 0.3) is 0 Å². The van der Waals surface area contributed by atoms with Crippen LogP contribution in [0.2, 0.25) is 0 Å². The van der Waals surface area contributed by atoms with E-state index in [1.807, 2.05) is 18.0 Å². The first-order valence-corrected chi connectivity index (χ1v) is 8.20. The highest BCUT2D eigenvalue weighted by atomic mass is 32.2. The number of halogens is 1. The maximum absolute atomic E-state index is 12.2. The molecule has 0 spiro atoms. The van der Waals surface area contributed by atoms with E-state index in [9.17, 15) is 4.39 Å². The molecule has 0 saturated heterocycles. The van der Waals surface area contributed by atoms with Crippen molar-refractivity contribution in [3.05, 3.63) is 22.6 Å². The molecule has 0 atom stereocenters. The second-order valence-corrected chi connectivity index (χ2v) is 6.19. The zero-order valence-corrected chi connectivity index (χ0v) is 12.8. The molecule has 0 fully saturated rings. The fourth-order valence-electron chi connectivity index (χ4n) is 2.07. The number of aryl methyl sites for hydroxylation is 2. The van der Waals surface area contributed by atoms with E-state index in [-0.39, 0.29) is 6.67 Å². The Hall–Kier alpha value is -0.850. The summed E-state index contributed by atoms with van der Waals surface area (Å²) in [5, 5.41) is 5.68. The molecule has 0 aliphatic rings. The molecule has 0 bridgehead atoms. The molecule has 2 aromatic rings. The van der Waals surface area contributed by atoms with Crippen molar-refractivity contribution in [3.63, 3.8) is 0 Å². The second kappa shape index (κ2) is 6.54. The summed E-state index contributed by atoms with van der Waals surface area (Å²) in [5.41, 5.74) is 7.91. The highest BCUT2D eigenvalue weighted by Gasteiger charge is 2.17. The van der Waals surface area contributed by atoms with E-state index >= 15 is 0 Å². The molecule has 0 saturated carbocycles. The Balaban J connectivity index is 2.33. The van der Waals surface area contributed by atoms with Crippen LogP contribution in [0.5, 0.6) is 0 Å². The number of hydrogen-bond donors (Lipinski definition) is 1. The van der Waals surface area contributed by atoms with E-state index < -0.39 is 0 Å². The van der Waals surface area contributed by atoms with E-state index in [4.69, 9.17) is 5.73 Å². The van der Waals surface area contributed by atoms with Crippen molar-refractivity contribution in [3.8, 4) is 10.6 Å². The van der Waals surface area contributed by atoms with Gasteiger partial charge < -0.3 is 5.73 Å². The summed E-state index contributed by atoms with van der Waals surface area (Å²) < 4.78 is 14.1. The Morgan fingerprint density at radius 1 is 1.47 bits per heavy atom. The zero-order valence-electron chi connectivity index (χ0n) is 11.1. The van der Waals surface area contributed by atoms with Crippen LogP contribution in [0.3, 0.4) is 0 Å². The summed E-state index contributed by atoms with van der Waals surface area (Å²) in [5.74, 6) is 0. The minimum absolute atomic E-state index is 0.262. The molecule has 0 radical (unpaired) electrons. The van der Waals surface area contributed by atoms with Crippen molar-refractivity contribution in [2.24, 2.45) is 12.8 Å². The molecule has 6 heteroatoms. The summed E-state index contributed by atoms with van der Waals surface area (Å²) in [6.45, 7) is 0.221. The molecule has 0 aliphatic heterocycles. The second-order valence-electron chi connectivity index (χ2n) is 4.22. The predicted molar refractivity (Wildman–Crippen MR) is 80.5 cm³/mol.